The van der Waals surface area contributed by atoms with Crippen LogP contribution < -0.4 is 0 Å². The molecule has 2 aliphatic heterocycles. The first-order valence-electron chi connectivity index (χ1n) is 7.89. The molecule has 1 aromatic carbocycles. The highest BCUT2D eigenvalue weighted by Crippen LogP contribution is 2.28. The molecule has 0 spiro atoms. The first-order chi connectivity index (χ1) is 11.0. The molecular formula is C17H20N2O4. The molecule has 1 saturated heterocycles. The molecule has 2 heterocycles. The van der Waals surface area contributed by atoms with Crippen molar-refractivity contribution in [3.63, 3.8) is 0 Å². The molecule has 122 valence electrons. The number of benzene rings is 1. The van der Waals surface area contributed by atoms with E-state index in [9.17, 15) is 19.5 Å². The van der Waals surface area contributed by atoms with E-state index in [2.05, 4.69) is 0 Å². The van der Waals surface area contributed by atoms with Crippen LogP contribution in [-0.4, -0.2) is 51.8 Å². The predicted molar refractivity (Wildman–Crippen MR) is 82.5 cm³/mol. The van der Waals surface area contributed by atoms with Gasteiger partial charge < -0.3 is 14.9 Å². The first kappa shape index (κ1) is 15.5. The number of carboxylic acids is 1. The molecule has 0 bridgehead atoms. The Kier molecular flexibility index (Phi) is 4.07. The van der Waals surface area contributed by atoms with Crippen molar-refractivity contribution in [3.8, 4) is 0 Å². The van der Waals surface area contributed by atoms with Gasteiger partial charge in [0.15, 0.2) is 0 Å². The number of amides is 2. The second-order valence-electron chi connectivity index (χ2n) is 6.13. The summed E-state index contributed by atoms with van der Waals surface area (Å²) < 4.78 is 0. The summed E-state index contributed by atoms with van der Waals surface area (Å²) in [5, 5.41) is 9.50. The van der Waals surface area contributed by atoms with Crippen molar-refractivity contribution < 1.29 is 19.5 Å². The number of fused-ring (bicyclic) bond motifs is 1. The topological polar surface area (TPSA) is 77.9 Å². The molecule has 2 aliphatic rings. The van der Waals surface area contributed by atoms with Crippen molar-refractivity contribution in [3.05, 3.63) is 35.4 Å². The Balaban J connectivity index is 1.84. The maximum absolute atomic E-state index is 12.8. The number of carbonyl (C=O) groups excluding carboxylic acids is 2. The number of carboxylic acid groups (broad SMARTS) is 1. The van der Waals surface area contributed by atoms with Crippen LogP contribution in [0, 0.1) is 5.92 Å². The second kappa shape index (κ2) is 6.02. The molecule has 2 unspecified atom stereocenters. The third kappa shape index (κ3) is 2.81. The number of likely N-dealkylation sites (tertiary alicyclic amines) is 1. The van der Waals surface area contributed by atoms with E-state index in [0.29, 0.717) is 26.1 Å². The van der Waals surface area contributed by atoms with Crippen molar-refractivity contribution in [1.82, 2.24) is 9.80 Å². The van der Waals surface area contributed by atoms with Crippen LogP contribution in [0.3, 0.4) is 0 Å². The number of rotatable bonds is 3. The highest BCUT2D eigenvalue weighted by Gasteiger charge is 2.41. The predicted octanol–water partition coefficient (Wildman–Crippen LogP) is 0.893. The minimum Gasteiger partial charge on any atom is -0.480 e. The SMILES string of the molecule is CCN1CC(C(=O)N2Cc3ccccc3CC2C(=O)O)CC1=O. The summed E-state index contributed by atoms with van der Waals surface area (Å²) in [5.41, 5.74) is 1.96. The van der Waals surface area contributed by atoms with E-state index in [-0.39, 0.29) is 18.2 Å². The average molecular weight is 316 g/mol. The number of carbonyl (C=O) groups is 3. The van der Waals surface area contributed by atoms with Crippen molar-refractivity contribution in [1.29, 1.82) is 0 Å². The van der Waals surface area contributed by atoms with Crippen LogP contribution in [-0.2, 0) is 27.3 Å². The lowest BCUT2D eigenvalue weighted by molar-refractivity contribution is -0.153. The first-order valence-corrected chi connectivity index (χ1v) is 7.89. The van der Waals surface area contributed by atoms with Gasteiger partial charge in [-0.1, -0.05) is 24.3 Å². The lowest BCUT2D eigenvalue weighted by atomic mass is 9.92. The van der Waals surface area contributed by atoms with Gasteiger partial charge in [0.25, 0.3) is 0 Å². The van der Waals surface area contributed by atoms with E-state index in [1.807, 2.05) is 31.2 Å². The second-order valence-corrected chi connectivity index (χ2v) is 6.13. The summed E-state index contributed by atoms with van der Waals surface area (Å²) >= 11 is 0. The zero-order chi connectivity index (χ0) is 16.6. The van der Waals surface area contributed by atoms with Crippen molar-refractivity contribution in [2.45, 2.75) is 32.4 Å². The Morgan fingerprint density at radius 3 is 2.52 bits per heavy atom. The van der Waals surface area contributed by atoms with Gasteiger partial charge in [0, 0.05) is 32.5 Å². The number of aliphatic carboxylic acids is 1. The van der Waals surface area contributed by atoms with E-state index >= 15 is 0 Å². The summed E-state index contributed by atoms with van der Waals surface area (Å²) in [5.74, 6) is -1.69. The third-order valence-corrected chi connectivity index (χ3v) is 4.76. The Morgan fingerprint density at radius 1 is 1.22 bits per heavy atom. The maximum atomic E-state index is 12.8. The van der Waals surface area contributed by atoms with Gasteiger partial charge in [-0.05, 0) is 18.1 Å². The van der Waals surface area contributed by atoms with Gasteiger partial charge in [-0.25, -0.2) is 4.79 Å². The molecule has 23 heavy (non-hydrogen) atoms. The van der Waals surface area contributed by atoms with Gasteiger partial charge in [0.2, 0.25) is 11.8 Å². The van der Waals surface area contributed by atoms with Crippen molar-refractivity contribution in [2.75, 3.05) is 13.1 Å². The highest BCUT2D eigenvalue weighted by atomic mass is 16.4. The molecule has 2 atom stereocenters. The molecule has 6 nitrogen and oxygen atoms in total. The van der Waals surface area contributed by atoms with E-state index < -0.39 is 17.9 Å². The van der Waals surface area contributed by atoms with E-state index in [1.54, 1.807) is 4.90 Å². The molecule has 0 aliphatic carbocycles. The Hall–Kier alpha value is -2.37. The fourth-order valence-corrected chi connectivity index (χ4v) is 3.45. The van der Waals surface area contributed by atoms with Gasteiger partial charge in [0.05, 0.1) is 5.92 Å². The average Bonchev–Trinajstić information content (AvgIpc) is 2.93. The van der Waals surface area contributed by atoms with Gasteiger partial charge in [0.1, 0.15) is 6.04 Å². The molecule has 0 saturated carbocycles. The minimum atomic E-state index is -0.996. The van der Waals surface area contributed by atoms with E-state index in [4.69, 9.17) is 0 Å². The molecule has 1 N–H and O–H groups in total. The quantitative estimate of drug-likeness (QED) is 0.898. The Morgan fingerprint density at radius 2 is 1.91 bits per heavy atom. The van der Waals surface area contributed by atoms with E-state index in [0.717, 1.165) is 11.1 Å². The van der Waals surface area contributed by atoms with Crippen LogP contribution in [0.2, 0.25) is 0 Å². The van der Waals surface area contributed by atoms with Gasteiger partial charge in [-0.15, -0.1) is 0 Å². The summed E-state index contributed by atoms with van der Waals surface area (Å²) in [6, 6.07) is 6.74. The van der Waals surface area contributed by atoms with Crippen LogP contribution >= 0.6 is 0 Å². The summed E-state index contributed by atoms with van der Waals surface area (Å²) in [4.78, 5) is 39.4. The molecule has 3 rings (SSSR count). The van der Waals surface area contributed by atoms with Crippen molar-refractivity contribution in [2.24, 2.45) is 5.92 Å². The molecule has 0 aromatic heterocycles. The fourth-order valence-electron chi connectivity index (χ4n) is 3.45. The van der Waals surface area contributed by atoms with Crippen molar-refractivity contribution >= 4 is 17.8 Å². The number of hydrogen-bond donors (Lipinski definition) is 1. The molecule has 1 fully saturated rings. The Labute approximate surface area is 134 Å². The van der Waals surface area contributed by atoms with Gasteiger partial charge in [-0.2, -0.15) is 0 Å². The summed E-state index contributed by atoms with van der Waals surface area (Å²) in [6.07, 6.45) is 0.493. The summed E-state index contributed by atoms with van der Waals surface area (Å²) in [7, 11) is 0. The van der Waals surface area contributed by atoms with Crippen LogP contribution in [0.15, 0.2) is 24.3 Å². The fraction of sp³-hybridized carbons (Fsp3) is 0.471. The van der Waals surface area contributed by atoms with Crippen LogP contribution in [0.1, 0.15) is 24.5 Å². The zero-order valence-corrected chi connectivity index (χ0v) is 13.1. The standard InChI is InChI=1S/C17H20N2O4/c1-2-18-9-13(8-15(18)20)16(21)19-10-12-6-4-3-5-11(12)7-14(19)17(22)23/h3-6,13-14H,2,7-10H2,1H3,(H,22,23). The molecular weight excluding hydrogens is 296 g/mol. The maximum Gasteiger partial charge on any atom is 0.326 e. The smallest absolute Gasteiger partial charge is 0.326 e. The molecule has 6 heteroatoms. The molecule has 0 radical (unpaired) electrons. The van der Waals surface area contributed by atoms with Gasteiger partial charge in [-0.3, -0.25) is 9.59 Å². The van der Waals surface area contributed by atoms with Crippen LogP contribution in [0.4, 0.5) is 0 Å². The van der Waals surface area contributed by atoms with Crippen LogP contribution in [0.25, 0.3) is 0 Å². The highest BCUT2D eigenvalue weighted by molar-refractivity contribution is 5.91. The lowest BCUT2D eigenvalue weighted by Crippen LogP contribution is -2.51. The lowest BCUT2D eigenvalue weighted by Gasteiger charge is -2.35. The monoisotopic (exact) mass is 316 g/mol. The summed E-state index contributed by atoms with van der Waals surface area (Å²) in [6.45, 7) is 3.14. The molecule has 1 aromatic rings. The van der Waals surface area contributed by atoms with E-state index in [1.165, 1.54) is 4.90 Å². The Bertz CT molecular complexity index is 658. The molecule has 2 amide bonds. The van der Waals surface area contributed by atoms with Gasteiger partial charge >= 0.3 is 5.97 Å². The number of hydrogen-bond acceptors (Lipinski definition) is 3. The number of nitrogens with zero attached hydrogens (tertiary/aromatic N) is 2. The normalized spacial score (nSPS) is 23.8. The minimum absolute atomic E-state index is 0.0323. The third-order valence-electron chi connectivity index (χ3n) is 4.76. The van der Waals surface area contributed by atoms with Crippen LogP contribution in [0.5, 0.6) is 0 Å². The largest absolute Gasteiger partial charge is 0.480 e. The zero-order valence-electron chi connectivity index (χ0n) is 13.1.